The maximum Gasteiger partial charge on any atom is 0.0436 e. The third-order valence-electron chi connectivity index (χ3n) is 12.6. The largest absolute Gasteiger partial charge is 0.135 e. The maximum absolute atomic E-state index is 2.52. The molecule has 0 spiro atoms. The molecule has 0 radical (unpaired) electrons. The summed E-state index contributed by atoms with van der Waals surface area (Å²) in [6.07, 6.45) is 21.8. The average molecular weight is 705 g/mol. The number of hydrogen-bond acceptors (Lipinski definition) is 1. The second-order valence-electron chi connectivity index (χ2n) is 15.5. The Balaban J connectivity index is 0.962. The normalized spacial score (nSPS) is 18.8. The number of rotatable bonds is 3. The highest BCUT2D eigenvalue weighted by Gasteiger charge is 2.31. The lowest BCUT2D eigenvalue weighted by molar-refractivity contribution is 0.794. The lowest BCUT2D eigenvalue weighted by atomic mass is 9.78. The van der Waals surface area contributed by atoms with Crippen LogP contribution in [-0.2, 0) is 6.42 Å². The van der Waals surface area contributed by atoms with E-state index in [0.29, 0.717) is 11.8 Å². The molecule has 12 rings (SSSR count). The summed E-state index contributed by atoms with van der Waals surface area (Å²) in [5.41, 5.74) is 14.1. The average Bonchev–Trinajstić information content (AvgIpc) is 3.81. The molecule has 0 fully saturated rings. The molecule has 8 aromatic rings. The fourth-order valence-electron chi connectivity index (χ4n) is 10.1. The summed E-state index contributed by atoms with van der Waals surface area (Å²) in [7, 11) is 0. The first-order chi connectivity index (χ1) is 26.8. The van der Waals surface area contributed by atoms with E-state index in [1.54, 1.807) is 5.57 Å². The zero-order valence-corrected chi connectivity index (χ0v) is 30.7. The fraction of sp³-hybridized carbons (Fsp3) is 0.0943. The first kappa shape index (κ1) is 30.4. The smallest absolute Gasteiger partial charge is 0.0436 e. The molecule has 2 unspecified atom stereocenters. The van der Waals surface area contributed by atoms with Crippen LogP contribution >= 0.6 is 11.3 Å². The highest BCUT2D eigenvalue weighted by Crippen LogP contribution is 2.50. The van der Waals surface area contributed by atoms with Crippen molar-refractivity contribution in [2.24, 2.45) is 5.92 Å². The van der Waals surface area contributed by atoms with Crippen molar-refractivity contribution in [3.8, 4) is 11.1 Å². The van der Waals surface area contributed by atoms with E-state index in [1.165, 1.54) is 103 Å². The highest BCUT2D eigenvalue weighted by atomic mass is 32.1. The van der Waals surface area contributed by atoms with Gasteiger partial charge in [0.25, 0.3) is 0 Å². The van der Waals surface area contributed by atoms with Crippen molar-refractivity contribution < 1.29 is 0 Å². The predicted molar refractivity (Wildman–Crippen MR) is 233 cm³/mol. The van der Waals surface area contributed by atoms with Gasteiger partial charge in [0, 0.05) is 37.4 Å². The van der Waals surface area contributed by atoms with Crippen LogP contribution in [0.25, 0.3) is 74.8 Å². The van der Waals surface area contributed by atoms with E-state index in [-0.39, 0.29) is 0 Å². The van der Waals surface area contributed by atoms with Gasteiger partial charge in [-0.15, -0.1) is 11.3 Å². The summed E-state index contributed by atoms with van der Waals surface area (Å²) in [5.74, 6) is 0.895. The second kappa shape index (κ2) is 11.7. The van der Waals surface area contributed by atoms with Crippen molar-refractivity contribution in [2.45, 2.75) is 25.2 Å². The van der Waals surface area contributed by atoms with Crippen molar-refractivity contribution >= 4 is 75.0 Å². The van der Waals surface area contributed by atoms with Crippen LogP contribution in [0, 0.1) is 5.92 Å². The van der Waals surface area contributed by atoms with Crippen LogP contribution in [0.15, 0.2) is 181 Å². The number of allylic oxidation sites excluding steroid dienone is 12. The minimum absolute atomic E-state index is 0.435. The summed E-state index contributed by atoms with van der Waals surface area (Å²) in [4.78, 5) is 0. The molecule has 4 aliphatic carbocycles. The summed E-state index contributed by atoms with van der Waals surface area (Å²) in [6, 6.07) is 45.9. The molecule has 1 heterocycles. The van der Waals surface area contributed by atoms with Gasteiger partial charge in [-0.05, 0) is 108 Å². The molecular weight excluding hydrogens is 669 g/mol. The van der Waals surface area contributed by atoms with E-state index in [9.17, 15) is 0 Å². The van der Waals surface area contributed by atoms with Crippen LogP contribution in [0.4, 0.5) is 0 Å². The summed E-state index contributed by atoms with van der Waals surface area (Å²) < 4.78 is 2.82. The van der Waals surface area contributed by atoms with Gasteiger partial charge >= 0.3 is 0 Å². The van der Waals surface area contributed by atoms with Crippen LogP contribution in [-0.4, -0.2) is 0 Å². The Morgan fingerprint density at radius 3 is 2.19 bits per heavy atom. The molecule has 0 saturated carbocycles. The molecule has 0 bridgehead atoms. The number of benzene rings is 7. The molecule has 4 aliphatic rings. The third-order valence-corrected chi connectivity index (χ3v) is 13.8. The van der Waals surface area contributed by atoms with Gasteiger partial charge in [-0.1, -0.05) is 163 Å². The Hall–Kier alpha value is -6.02. The van der Waals surface area contributed by atoms with Gasteiger partial charge in [0.15, 0.2) is 0 Å². The predicted octanol–water partition coefficient (Wildman–Crippen LogP) is 14.7. The van der Waals surface area contributed by atoms with E-state index in [1.807, 2.05) is 11.3 Å². The topological polar surface area (TPSA) is 0 Å². The van der Waals surface area contributed by atoms with E-state index in [4.69, 9.17) is 0 Å². The van der Waals surface area contributed by atoms with Crippen LogP contribution in [0.5, 0.6) is 0 Å². The Bertz CT molecular complexity index is 3070. The first-order valence-corrected chi connectivity index (χ1v) is 20.1. The number of fused-ring (bicyclic) bond motifs is 12. The van der Waals surface area contributed by atoms with Crippen molar-refractivity contribution in [1.82, 2.24) is 0 Å². The van der Waals surface area contributed by atoms with Gasteiger partial charge in [-0.2, -0.15) is 0 Å². The van der Waals surface area contributed by atoms with Gasteiger partial charge in [0.1, 0.15) is 0 Å². The molecule has 54 heavy (non-hydrogen) atoms. The molecule has 1 heteroatoms. The van der Waals surface area contributed by atoms with Crippen LogP contribution in [0.1, 0.15) is 41.0 Å². The molecule has 0 amide bonds. The lowest BCUT2D eigenvalue weighted by Gasteiger charge is -2.25. The Morgan fingerprint density at radius 1 is 0.611 bits per heavy atom. The molecule has 2 atom stereocenters. The highest BCUT2D eigenvalue weighted by molar-refractivity contribution is 7.26. The molecule has 0 aliphatic heterocycles. The summed E-state index contributed by atoms with van der Waals surface area (Å²) in [5, 5.41) is 10.9. The maximum atomic E-state index is 2.52. The third kappa shape index (κ3) is 4.49. The number of hydrogen-bond donors (Lipinski definition) is 0. The minimum Gasteiger partial charge on any atom is -0.135 e. The van der Waals surface area contributed by atoms with Crippen LogP contribution < -0.4 is 0 Å². The Morgan fingerprint density at radius 2 is 1.35 bits per heavy atom. The van der Waals surface area contributed by atoms with E-state index in [0.717, 1.165) is 19.3 Å². The molecule has 1 aromatic heterocycles. The van der Waals surface area contributed by atoms with E-state index in [2.05, 4.69) is 170 Å². The monoisotopic (exact) mass is 704 g/mol. The van der Waals surface area contributed by atoms with Gasteiger partial charge in [0.05, 0.1) is 0 Å². The van der Waals surface area contributed by atoms with Crippen molar-refractivity contribution in [2.75, 3.05) is 0 Å². The SMILES string of the molecule is C1=CC2=CC=C(c3c4ccccc4c(-c4cccc(C5=CCC6C(=C5)Cc5c6ccc6ccc7c8ccccc8sc7c56)c4)c4ccccc34)CC2C=C1. The Labute approximate surface area is 319 Å². The second-order valence-corrected chi connectivity index (χ2v) is 16.5. The number of thiophene rings is 1. The van der Waals surface area contributed by atoms with Gasteiger partial charge in [0.2, 0.25) is 0 Å². The molecule has 0 nitrogen and oxygen atoms in total. The lowest BCUT2D eigenvalue weighted by Crippen LogP contribution is -2.07. The summed E-state index contributed by atoms with van der Waals surface area (Å²) >= 11 is 1.96. The fourth-order valence-corrected chi connectivity index (χ4v) is 11.4. The quantitative estimate of drug-likeness (QED) is 0.161. The van der Waals surface area contributed by atoms with E-state index >= 15 is 0 Å². The minimum atomic E-state index is 0.435. The van der Waals surface area contributed by atoms with Crippen molar-refractivity contribution in [3.05, 3.63) is 203 Å². The molecular formula is C53H36S. The zero-order chi connectivity index (χ0) is 35.3. The standard InChI is InChI=1S/C53H36S/c1-2-11-34-28-38(21-20-32(34)10-1)51-45-17-5-3-15-43(45)50(44-16-4-6-18-46(44)51)37-13-9-12-35(29-37)36-24-25-40-39(30-36)31-48-41(40)26-22-33-23-27-47-42-14-7-8-19-49(42)54-53(47)52(33)48/h1-24,26-27,29-30,34,40H,25,28,31H2. The van der Waals surface area contributed by atoms with Crippen molar-refractivity contribution in [1.29, 1.82) is 0 Å². The van der Waals surface area contributed by atoms with Gasteiger partial charge < -0.3 is 0 Å². The van der Waals surface area contributed by atoms with Gasteiger partial charge in [-0.25, -0.2) is 0 Å². The van der Waals surface area contributed by atoms with Crippen LogP contribution in [0.3, 0.4) is 0 Å². The van der Waals surface area contributed by atoms with Crippen LogP contribution in [0.2, 0.25) is 0 Å². The molecule has 7 aromatic carbocycles. The molecule has 0 saturated heterocycles. The van der Waals surface area contributed by atoms with E-state index < -0.39 is 0 Å². The van der Waals surface area contributed by atoms with Crippen molar-refractivity contribution in [3.63, 3.8) is 0 Å². The summed E-state index contributed by atoms with van der Waals surface area (Å²) in [6.45, 7) is 0. The zero-order valence-electron chi connectivity index (χ0n) is 29.9. The molecule has 0 N–H and O–H groups in total. The first-order valence-electron chi connectivity index (χ1n) is 19.3. The van der Waals surface area contributed by atoms with Gasteiger partial charge in [-0.3, -0.25) is 0 Å². The molecule has 254 valence electrons. The Kier molecular flexibility index (Phi) is 6.62.